The van der Waals surface area contributed by atoms with Crippen molar-refractivity contribution in [1.29, 1.82) is 0 Å². The van der Waals surface area contributed by atoms with Crippen LogP contribution in [0.5, 0.6) is 0 Å². The number of fused-ring (bicyclic) bond motifs is 5. The van der Waals surface area contributed by atoms with Crippen LogP contribution >= 0.6 is 0 Å². The summed E-state index contributed by atoms with van der Waals surface area (Å²) < 4.78 is 0. The minimum atomic E-state index is 0.0580. The molecule has 1 unspecified atom stereocenters. The molecule has 0 radical (unpaired) electrons. The van der Waals surface area contributed by atoms with Crippen molar-refractivity contribution < 1.29 is 9.59 Å². The van der Waals surface area contributed by atoms with Crippen molar-refractivity contribution >= 4 is 11.8 Å². The summed E-state index contributed by atoms with van der Waals surface area (Å²) in [6.07, 6.45) is 7.32. The summed E-state index contributed by atoms with van der Waals surface area (Å²) in [5.74, 6) is 1.46. The van der Waals surface area contributed by atoms with E-state index in [1.54, 1.807) is 4.90 Å². The molecule has 2 saturated heterocycles. The maximum absolute atomic E-state index is 12.5. The van der Waals surface area contributed by atoms with Gasteiger partial charge in [-0.1, -0.05) is 6.42 Å². The molecule has 0 aromatic carbocycles. The number of amides is 2. The third-order valence-electron chi connectivity index (χ3n) is 6.11. The molecule has 4 heteroatoms. The Kier molecular flexibility index (Phi) is 3.09. The van der Waals surface area contributed by atoms with Crippen LogP contribution in [0.4, 0.5) is 0 Å². The van der Waals surface area contributed by atoms with E-state index in [2.05, 4.69) is 4.90 Å². The number of rotatable bonds is 3. The number of carbonyl (C=O) groups is 2. The quantitative estimate of drug-likeness (QED) is 0.734. The molecule has 4 nitrogen and oxygen atoms in total. The number of likely N-dealkylation sites (tertiary alicyclic amines) is 2. The Morgan fingerprint density at radius 2 is 1.45 bits per heavy atom. The molecule has 2 heterocycles. The fourth-order valence-electron chi connectivity index (χ4n) is 5.12. The summed E-state index contributed by atoms with van der Waals surface area (Å²) >= 11 is 0. The third kappa shape index (κ3) is 1.84. The van der Waals surface area contributed by atoms with Crippen LogP contribution in [0.1, 0.15) is 38.5 Å². The van der Waals surface area contributed by atoms with E-state index in [9.17, 15) is 9.59 Å². The summed E-state index contributed by atoms with van der Waals surface area (Å²) in [6.45, 7) is 3.78. The summed E-state index contributed by atoms with van der Waals surface area (Å²) in [5.41, 5.74) is 0. The van der Waals surface area contributed by atoms with E-state index in [4.69, 9.17) is 0 Å². The van der Waals surface area contributed by atoms with Gasteiger partial charge in [0.1, 0.15) is 0 Å². The Bertz CT molecular complexity index is 402. The number of carbonyl (C=O) groups excluding carboxylic acids is 2. The maximum atomic E-state index is 12.5. The first-order valence-electron chi connectivity index (χ1n) is 8.33. The second-order valence-corrected chi connectivity index (χ2v) is 7.12. The lowest BCUT2D eigenvalue weighted by molar-refractivity contribution is -0.141. The molecule has 2 aliphatic heterocycles. The van der Waals surface area contributed by atoms with Gasteiger partial charge in [0, 0.05) is 13.1 Å². The predicted molar refractivity (Wildman–Crippen MR) is 74.8 cm³/mol. The van der Waals surface area contributed by atoms with E-state index in [-0.39, 0.29) is 23.7 Å². The van der Waals surface area contributed by atoms with Crippen molar-refractivity contribution in [3.63, 3.8) is 0 Å². The first kappa shape index (κ1) is 12.8. The van der Waals surface area contributed by atoms with Crippen LogP contribution in [-0.2, 0) is 9.59 Å². The molecule has 4 aliphatic rings. The van der Waals surface area contributed by atoms with Crippen LogP contribution in [0.15, 0.2) is 0 Å². The predicted octanol–water partition coefficient (Wildman–Crippen LogP) is 1.50. The molecule has 4 rings (SSSR count). The first-order valence-corrected chi connectivity index (χ1v) is 8.33. The van der Waals surface area contributed by atoms with E-state index in [1.165, 1.54) is 32.1 Å². The van der Waals surface area contributed by atoms with Crippen LogP contribution in [-0.4, -0.2) is 47.8 Å². The lowest BCUT2D eigenvalue weighted by Gasteiger charge is -2.28. The van der Waals surface area contributed by atoms with Gasteiger partial charge < -0.3 is 4.90 Å². The zero-order valence-corrected chi connectivity index (χ0v) is 12.1. The molecule has 2 saturated carbocycles. The van der Waals surface area contributed by atoms with Crippen molar-refractivity contribution in [2.75, 3.05) is 26.2 Å². The molecule has 0 aromatic heterocycles. The molecule has 2 aliphatic carbocycles. The molecule has 0 spiro atoms. The van der Waals surface area contributed by atoms with Crippen LogP contribution < -0.4 is 0 Å². The molecule has 2 amide bonds. The van der Waals surface area contributed by atoms with Crippen LogP contribution in [0.25, 0.3) is 0 Å². The van der Waals surface area contributed by atoms with E-state index in [0.717, 1.165) is 26.1 Å². The van der Waals surface area contributed by atoms with E-state index < -0.39 is 0 Å². The Labute approximate surface area is 120 Å². The molecule has 4 fully saturated rings. The third-order valence-corrected chi connectivity index (χ3v) is 6.11. The van der Waals surface area contributed by atoms with Gasteiger partial charge in [-0.15, -0.1) is 0 Å². The van der Waals surface area contributed by atoms with Crippen molar-refractivity contribution in [1.82, 2.24) is 9.80 Å². The van der Waals surface area contributed by atoms with Crippen molar-refractivity contribution in [2.45, 2.75) is 38.5 Å². The van der Waals surface area contributed by atoms with Crippen LogP contribution in [0.3, 0.4) is 0 Å². The molecule has 0 aromatic rings. The Morgan fingerprint density at radius 3 is 2.05 bits per heavy atom. The van der Waals surface area contributed by atoms with Gasteiger partial charge in [0.15, 0.2) is 0 Å². The second-order valence-electron chi connectivity index (χ2n) is 7.12. The molecule has 110 valence electrons. The summed E-state index contributed by atoms with van der Waals surface area (Å²) in [4.78, 5) is 29.1. The zero-order valence-electron chi connectivity index (χ0n) is 12.1. The summed E-state index contributed by atoms with van der Waals surface area (Å²) in [6, 6.07) is 0. The number of imide groups is 1. The molecular formula is C16H24N2O2. The Morgan fingerprint density at radius 1 is 0.850 bits per heavy atom. The van der Waals surface area contributed by atoms with Crippen molar-refractivity contribution in [2.24, 2.45) is 23.7 Å². The Hall–Kier alpha value is -0.900. The zero-order chi connectivity index (χ0) is 13.7. The van der Waals surface area contributed by atoms with Gasteiger partial charge in [-0.3, -0.25) is 14.5 Å². The molecule has 0 N–H and O–H groups in total. The highest BCUT2D eigenvalue weighted by Crippen LogP contribution is 2.55. The van der Waals surface area contributed by atoms with E-state index in [0.29, 0.717) is 18.4 Å². The van der Waals surface area contributed by atoms with Crippen LogP contribution in [0, 0.1) is 23.7 Å². The van der Waals surface area contributed by atoms with Gasteiger partial charge >= 0.3 is 0 Å². The monoisotopic (exact) mass is 276 g/mol. The van der Waals surface area contributed by atoms with Gasteiger partial charge in [-0.2, -0.15) is 0 Å². The van der Waals surface area contributed by atoms with E-state index >= 15 is 0 Å². The first-order chi connectivity index (χ1) is 9.75. The lowest BCUT2D eigenvalue weighted by Crippen LogP contribution is -2.41. The smallest absolute Gasteiger partial charge is 0.233 e. The minimum Gasteiger partial charge on any atom is -0.302 e. The maximum Gasteiger partial charge on any atom is 0.233 e. The van der Waals surface area contributed by atoms with Gasteiger partial charge in [-0.05, 0) is 57.0 Å². The SMILES string of the molecule is O=C1C2[C@@H]3CC[C@H](C3)[C@H]2C(=O)N1CCN1CCCCC1. The molecular weight excluding hydrogens is 252 g/mol. The number of hydrogen-bond acceptors (Lipinski definition) is 3. The average Bonchev–Trinajstić information content (AvgIpc) is 3.13. The number of hydrogen-bond donors (Lipinski definition) is 0. The van der Waals surface area contributed by atoms with Gasteiger partial charge in [0.2, 0.25) is 11.8 Å². The normalized spacial score (nSPS) is 40.7. The highest BCUT2D eigenvalue weighted by Gasteiger charge is 2.60. The van der Waals surface area contributed by atoms with E-state index in [1.807, 2.05) is 0 Å². The standard InChI is InChI=1S/C16H24N2O2/c19-15-13-11-4-5-12(10-11)14(13)16(20)18(15)9-8-17-6-2-1-3-7-17/h11-14H,1-10H2/t11-,12-,13-,14?/m1/s1. The lowest BCUT2D eigenvalue weighted by atomic mass is 9.81. The fraction of sp³-hybridized carbons (Fsp3) is 0.875. The molecule has 2 bridgehead atoms. The minimum absolute atomic E-state index is 0.0580. The topological polar surface area (TPSA) is 40.6 Å². The van der Waals surface area contributed by atoms with Crippen molar-refractivity contribution in [3.05, 3.63) is 0 Å². The second kappa shape index (κ2) is 4.83. The highest BCUT2D eigenvalue weighted by atomic mass is 16.2. The highest BCUT2D eigenvalue weighted by molar-refractivity contribution is 6.06. The van der Waals surface area contributed by atoms with Gasteiger partial charge in [0.25, 0.3) is 0 Å². The van der Waals surface area contributed by atoms with Gasteiger partial charge in [0.05, 0.1) is 11.8 Å². The van der Waals surface area contributed by atoms with Gasteiger partial charge in [-0.25, -0.2) is 0 Å². The van der Waals surface area contributed by atoms with Crippen LogP contribution in [0.2, 0.25) is 0 Å². The fourth-order valence-corrected chi connectivity index (χ4v) is 5.12. The number of piperidine rings is 1. The molecule has 4 atom stereocenters. The molecule has 20 heavy (non-hydrogen) atoms. The average molecular weight is 276 g/mol. The number of nitrogens with zero attached hydrogens (tertiary/aromatic N) is 2. The van der Waals surface area contributed by atoms with Crippen molar-refractivity contribution in [3.8, 4) is 0 Å². The Balaban J connectivity index is 1.41. The largest absolute Gasteiger partial charge is 0.302 e. The summed E-state index contributed by atoms with van der Waals surface area (Å²) in [5, 5.41) is 0. The summed E-state index contributed by atoms with van der Waals surface area (Å²) in [7, 11) is 0.